The molecular formula is C23H19FN4O2S. The number of carbonyl (C=O) groups excluding carboxylic acids is 1. The highest BCUT2D eigenvalue weighted by molar-refractivity contribution is 7.07. The van der Waals surface area contributed by atoms with E-state index >= 15 is 0 Å². The number of hydrogen-bond donors (Lipinski definition) is 1. The van der Waals surface area contributed by atoms with Gasteiger partial charge in [0.1, 0.15) is 11.6 Å². The maximum absolute atomic E-state index is 13.1. The molecule has 2 aromatic heterocycles. The molecule has 0 fully saturated rings. The molecule has 4 rings (SSSR count). The van der Waals surface area contributed by atoms with E-state index in [9.17, 15) is 9.18 Å². The highest BCUT2D eigenvalue weighted by Gasteiger charge is 2.12. The molecule has 8 heteroatoms. The van der Waals surface area contributed by atoms with Gasteiger partial charge in [0.15, 0.2) is 5.82 Å². The van der Waals surface area contributed by atoms with Crippen LogP contribution >= 0.6 is 11.5 Å². The van der Waals surface area contributed by atoms with E-state index in [0.717, 1.165) is 28.2 Å². The highest BCUT2D eigenvalue weighted by Crippen LogP contribution is 2.28. The number of nitrogens with one attached hydrogen (secondary N) is 1. The molecule has 2 aromatic carbocycles. The molecule has 0 unspecified atom stereocenters. The molecule has 0 saturated heterocycles. The number of benzene rings is 2. The second-order valence-corrected chi connectivity index (χ2v) is 7.62. The minimum Gasteiger partial charge on any atom is -0.430 e. The summed E-state index contributed by atoms with van der Waals surface area (Å²) in [6, 6.07) is 15.2. The number of ether oxygens (including phenoxy) is 1. The van der Waals surface area contributed by atoms with Gasteiger partial charge in [0.25, 0.3) is 11.1 Å². The Labute approximate surface area is 182 Å². The first-order chi connectivity index (χ1) is 15.1. The maximum atomic E-state index is 13.1. The molecule has 2 heterocycles. The quantitative estimate of drug-likeness (QED) is 0.456. The molecule has 6 nitrogen and oxygen atoms in total. The average Bonchev–Trinajstić information content (AvgIpc) is 3.22. The molecule has 1 amide bonds. The van der Waals surface area contributed by atoms with Crippen LogP contribution in [0, 0.1) is 12.7 Å². The summed E-state index contributed by atoms with van der Waals surface area (Å²) < 4.78 is 23.3. The van der Waals surface area contributed by atoms with E-state index in [-0.39, 0.29) is 11.7 Å². The van der Waals surface area contributed by atoms with Gasteiger partial charge in [-0.05, 0) is 53.9 Å². The van der Waals surface area contributed by atoms with E-state index in [2.05, 4.69) is 19.7 Å². The Bertz CT molecular complexity index is 1180. The smallest absolute Gasteiger partial charge is 0.298 e. The van der Waals surface area contributed by atoms with E-state index in [1.807, 2.05) is 25.1 Å². The second kappa shape index (κ2) is 9.44. The lowest BCUT2D eigenvalue weighted by Gasteiger charge is -2.09. The first-order valence-electron chi connectivity index (χ1n) is 9.59. The zero-order valence-electron chi connectivity index (χ0n) is 16.7. The highest BCUT2D eigenvalue weighted by atomic mass is 32.1. The van der Waals surface area contributed by atoms with E-state index in [4.69, 9.17) is 4.74 Å². The minimum atomic E-state index is -0.279. The van der Waals surface area contributed by atoms with Crippen molar-refractivity contribution < 1.29 is 13.9 Å². The van der Waals surface area contributed by atoms with Crippen LogP contribution in [0.15, 0.2) is 67.0 Å². The molecule has 0 aliphatic rings. The Morgan fingerprint density at radius 1 is 1.13 bits per heavy atom. The van der Waals surface area contributed by atoms with Crippen LogP contribution in [0.5, 0.6) is 10.9 Å². The third-order valence-electron chi connectivity index (χ3n) is 4.55. The van der Waals surface area contributed by atoms with Crippen LogP contribution in [-0.4, -0.2) is 20.2 Å². The van der Waals surface area contributed by atoms with E-state index < -0.39 is 0 Å². The molecule has 0 aliphatic heterocycles. The van der Waals surface area contributed by atoms with Crippen LogP contribution in [0.2, 0.25) is 0 Å². The monoisotopic (exact) mass is 434 g/mol. The maximum Gasteiger partial charge on any atom is 0.298 e. The Balaban J connectivity index is 1.42. The average molecular weight is 434 g/mol. The molecule has 0 aliphatic carbocycles. The molecular weight excluding hydrogens is 415 g/mol. The van der Waals surface area contributed by atoms with Gasteiger partial charge >= 0.3 is 0 Å². The van der Waals surface area contributed by atoms with Crippen molar-refractivity contribution in [2.75, 3.05) is 0 Å². The van der Waals surface area contributed by atoms with Crippen molar-refractivity contribution in [2.24, 2.45) is 0 Å². The van der Waals surface area contributed by atoms with Gasteiger partial charge in [-0.3, -0.25) is 9.78 Å². The largest absolute Gasteiger partial charge is 0.430 e. The Hall–Kier alpha value is -3.65. The van der Waals surface area contributed by atoms with Crippen molar-refractivity contribution in [1.29, 1.82) is 0 Å². The third kappa shape index (κ3) is 5.49. The number of nitrogens with zero attached hydrogens (tertiary/aromatic N) is 3. The number of halogens is 1. The first-order valence-corrected chi connectivity index (χ1v) is 10.4. The fourth-order valence-corrected chi connectivity index (χ4v) is 3.43. The summed E-state index contributed by atoms with van der Waals surface area (Å²) in [6.07, 6.45) is 3.88. The van der Waals surface area contributed by atoms with Crippen LogP contribution < -0.4 is 10.1 Å². The van der Waals surface area contributed by atoms with Gasteiger partial charge in [-0.1, -0.05) is 24.3 Å². The summed E-state index contributed by atoms with van der Waals surface area (Å²) >= 11 is 1.13. The normalized spacial score (nSPS) is 10.6. The van der Waals surface area contributed by atoms with Crippen LogP contribution in [0.3, 0.4) is 0 Å². The first kappa shape index (κ1) is 20.6. The standard InChI is InChI=1S/C23H19FN4O2S/c1-15-4-7-18(22(29)26-14-17-3-2-10-25-13-17)12-20(15)30-23-27-21(28-31-23)11-16-5-8-19(24)9-6-16/h2-10,12-13H,11,14H2,1H3,(H,26,29). The number of aryl methyl sites for hydroxylation is 1. The van der Waals surface area contributed by atoms with Gasteiger partial charge in [-0.15, -0.1) is 0 Å². The molecule has 0 radical (unpaired) electrons. The molecule has 4 aromatic rings. The Kier molecular flexibility index (Phi) is 6.28. The lowest BCUT2D eigenvalue weighted by Crippen LogP contribution is -2.22. The fraction of sp³-hybridized carbons (Fsp3) is 0.130. The van der Waals surface area contributed by atoms with Crippen molar-refractivity contribution in [1.82, 2.24) is 19.7 Å². The topological polar surface area (TPSA) is 77.0 Å². The van der Waals surface area contributed by atoms with Gasteiger partial charge in [0.05, 0.1) is 0 Å². The summed E-state index contributed by atoms with van der Waals surface area (Å²) in [5.41, 5.74) is 3.19. The van der Waals surface area contributed by atoms with Gasteiger partial charge in [0, 0.05) is 42.5 Å². The summed E-state index contributed by atoms with van der Waals surface area (Å²) in [5, 5.41) is 3.26. The fourth-order valence-electron chi connectivity index (χ4n) is 2.87. The van der Waals surface area contributed by atoms with Crippen LogP contribution in [0.25, 0.3) is 0 Å². The van der Waals surface area contributed by atoms with E-state index in [1.165, 1.54) is 12.1 Å². The summed E-state index contributed by atoms with van der Waals surface area (Å²) in [7, 11) is 0. The summed E-state index contributed by atoms with van der Waals surface area (Å²) in [4.78, 5) is 21.0. The molecule has 0 bridgehead atoms. The lowest BCUT2D eigenvalue weighted by molar-refractivity contribution is 0.0950. The number of hydrogen-bond acceptors (Lipinski definition) is 6. The minimum absolute atomic E-state index is 0.206. The molecule has 0 saturated carbocycles. The predicted octanol–water partition coefficient (Wildman–Crippen LogP) is 4.69. The van der Waals surface area contributed by atoms with Crippen molar-refractivity contribution >= 4 is 17.4 Å². The Morgan fingerprint density at radius 3 is 2.74 bits per heavy atom. The van der Waals surface area contributed by atoms with E-state index in [0.29, 0.717) is 35.3 Å². The van der Waals surface area contributed by atoms with Gasteiger partial charge in [-0.2, -0.15) is 9.36 Å². The van der Waals surface area contributed by atoms with Gasteiger partial charge in [-0.25, -0.2) is 4.39 Å². The number of pyridine rings is 1. The van der Waals surface area contributed by atoms with Crippen molar-refractivity contribution in [3.8, 4) is 10.9 Å². The van der Waals surface area contributed by atoms with Crippen molar-refractivity contribution in [3.63, 3.8) is 0 Å². The SMILES string of the molecule is Cc1ccc(C(=O)NCc2cccnc2)cc1Oc1nc(Cc2ccc(F)cc2)ns1. The third-order valence-corrected chi connectivity index (χ3v) is 5.18. The number of rotatable bonds is 7. The Morgan fingerprint density at radius 2 is 1.97 bits per heavy atom. The second-order valence-electron chi connectivity index (χ2n) is 6.91. The lowest BCUT2D eigenvalue weighted by atomic mass is 10.1. The van der Waals surface area contributed by atoms with Gasteiger partial charge in [0.2, 0.25) is 0 Å². The van der Waals surface area contributed by atoms with Crippen molar-refractivity contribution in [3.05, 3.63) is 101 Å². The summed E-state index contributed by atoms with van der Waals surface area (Å²) in [5.74, 6) is 0.648. The molecule has 1 N–H and O–H groups in total. The summed E-state index contributed by atoms with van der Waals surface area (Å²) in [6.45, 7) is 2.28. The number of amides is 1. The number of aromatic nitrogens is 3. The zero-order valence-corrected chi connectivity index (χ0v) is 17.5. The molecule has 0 atom stereocenters. The van der Waals surface area contributed by atoms with Gasteiger partial charge < -0.3 is 10.1 Å². The molecule has 0 spiro atoms. The zero-order chi connectivity index (χ0) is 21.6. The van der Waals surface area contributed by atoms with Crippen LogP contribution in [-0.2, 0) is 13.0 Å². The van der Waals surface area contributed by atoms with Crippen LogP contribution in [0.4, 0.5) is 4.39 Å². The van der Waals surface area contributed by atoms with Crippen LogP contribution in [0.1, 0.15) is 32.9 Å². The molecule has 156 valence electrons. The predicted molar refractivity (Wildman–Crippen MR) is 116 cm³/mol. The van der Waals surface area contributed by atoms with Crippen molar-refractivity contribution in [2.45, 2.75) is 19.9 Å². The molecule has 31 heavy (non-hydrogen) atoms. The van der Waals surface area contributed by atoms with E-state index in [1.54, 1.807) is 36.7 Å². The number of carbonyl (C=O) groups is 1.